The summed E-state index contributed by atoms with van der Waals surface area (Å²) in [5.41, 5.74) is -3.12. The second kappa shape index (κ2) is 3.47. The summed E-state index contributed by atoms with van der Waals surface area (Å²) in [7, 11) is 0. The lowest BCUT2D eigenvalue weighted by Crippen LogP contribution is -2.59. The van der Waals surface area contributed by atoms with Crippen LogP contribution in [0, 0.1) is 79.8 Å². The van der Waals surface area contributed by atoms with Crippen molar-refractivity contribution in [2.75, 3.05) is 0 Å². The van der Waals surface area contributed by atoms with Gasteiger partial charge < -0.3 is 0 Å². The molecule has 0 aromatic heterocycles. The first-order chi connectivity index (χ1) is 9.20. The Balaban J connectivity index is 2.32. The molecule has 4 rings (SSSR count). The van der Waals surface area contributed by atoms with E-state index in [2.05, 4.69) is 0 Å². The van der Waals surface area contributed by atoms with Crippen LogP contribution in [0.3, 0.4) is 0 Å². The number of nitriles is 4. The van der Waals surface area contributed by atoms with Crippen molar-refractivity contribution in [3.63, 3.8) is 0 Å². The quantitative estimate of drug-likeness (QED) is 0.611. The maximum Gasteiger partial charge on any atom is 0.182 e. The molecule has 0 unspecified atom stereocenters. The molecular weight excluding hydrogens is 236 g/mol. The SMILES string of the molecule is N#CC1(C#N)[C@H]2C=C[C@@H]([C@H]3CC=C[C@H]32)C1(C#N)C#N. The van der Waals surface area contributed by atoms with Gasteiger partial charge in [0.25, 0.3) is 0 Å². The Hall–Kier alpha value is -2.56. The summed E-state index contributed by atoms with van der Waals surface area (Å²) < 4.78 is 0. The number of rotatable bonds is 0. The van der Waals surface area contributed by atoms with Gasteiger partial charge in [0.1, 0.15) is 0 Å². The molecule has 4 heteroatoms. The van der Waals surface area contributed by atoms with Gasteiger partial charge in [0, 0.05) is 11.8 Å². The first-order valence-electron chi connectivity index (χ1n) is 6.20. The molecular formula is C15H10N4. The van der Waals surface area contributed by atoms with Crippen LogP contribution in [0.1, 0.15) is 6.42 Å². The van der Waals surface area contributed by atoms with E-state index >= 15 is 0 Å². The molecule has 0 aromatic rings. The van der Waals surface area contributed by atoms with Gasteiger partial charge in [-0.1, -0.05) is 24.3 Å². The average Bonchev–Trinajstić information content (AvgIpc) is 2.96. The lowest BCUT2D eigenvalue weighted by Gasteiger charge is -2.54. The van der Waals surface area contributed by atoms with Crippen LogP contribution in [0.4, 0.5) is 0 Å². The van der Waals surface area contributed by atoms with Crippen LogP contribution in [0.5, 0.6) is 0 Å². The summed E-state index contributed by atoms with van der Waals surface area (Å²) >= 11 is 0. The smallest absolute Gasteiger partial charge is 0.182 e. The minimum absolute atomic E-state index is 0.101. The van der Waals surface area contributed by atoms with E-state index in [-0.39, 0.29) is 23.7 Å². The van der Waals surface area contributed by atoms with Crippen molar-refractivity contribution in [2.24, 2.45) is 34.5 Å². The highest BCUT2D eigenvalue weighted by atomic mass is 14.7. The Labute approximate surface area is 111 Å². The Morgan fingerprint density at radius 1 is 0.789 bits per heavy atom. The van der Waals surface area contributed by atoms with E-state index in [0.29, 0.717) is 0 Å². The maximum atomic E-state index is 9.55. The molecule has 0 amide bonds. The van der Waals surface area contributed by atoms with E-state index in [9.17, 15) is 21.0 Å². The first kappa shape index (κ1) is 11.5. The molecule has 0 spiro atoms. The summed E-state index contributed by atoms with van der Waals surface area (Å²) in [4.78, 5) is 0. The molecule has 1 fully saturated rings. The van der Waals surface area contributed by atoms with Crippen LogP contribution in [-0.4, -0.2) is 0 Å². The summed E-state index contributed by atoms with van der Waals surface area (Å²) in [6.07, 6.45) is 8.62. The van der Waals surface area contributed by atoms with Crippen LogP contribution >= 0.6 is 0 Å². The third-order valence-corrected chi connectivity index (χ3v) is 4.99. The number of hydrogen-bond donors (Lipinski definition) is 0. The van der Waals surface area contributed by atoms with Gasteiger partial charge in [0.15, 0.2) is 10.8 Å². The van der Waals surface area contributed by atoms with Gasteiger partial charge in [-0.05, 0) is 18.3 Å². The molecule has 4 aliphatic rings. The molecule has 0 radical (unpaired) electrons. The Morgan fingerprint density at radius 3 is 1.89 bits per heavy atom. The molecule has 4 nitrogen and oxygen atoms in total. The third-order valence-electron chi connectivity index (χ3n) is 4.99. The molecule has 0 saturated heterocycles. The van der Waals surface area contributed by atoms with Gasteiger partial charge in [-0.15, -0.1) is 0 Å². The van der Waals surface area contributed by atoms with Crippen LogP contribution < -0.4 is 0 Å². The normalized spacial score (nSPS) is 38.5. The minimum atomic E-state index is -1.56. The molecule has 2 bridgehead atoms. The van der Waals surface area contributed by atoms with Gasteiger partial charge in [-0.25, -0.2) is 0 Å². The van der Waals surface area contributed by atoms with Crippen LogP contribution in [-0.2, 0) is 0 Å². The van der Waals surface area contributed by atoms with E-state index in [4.69, 9.17) is 0 Å². The topological polar surface area (TPSA) is 95.2 Å². The van der Waals surface area contributed by atoms with Crippen molar-refractivity contribution in [1.29, 1.82) is 21.0 Å². The Morgan fingerprint density at radius 2 is 1.32 bits per heavy atom. The lowest BCUT2D eigenvalue weighted by molar-refractivity contribution is 0.0102. The van der Waals surface area contributed by atoms with E-state index in [0.717, 1.165) is 6.42 Å². The fourth-order valence-corrected chi connectivity index (χ4v) is 4.10. The second-order valence-electron chi connectivity index (χ2n) is 5.40. The molecule has 0 aromatic carbocycles. The van der Waals surface area contributed by atoms with Gasteiger partial charge in [0.2, 0.25) is 0 Å². The lowest BCUT2D eigenvalue weighted by atomic mass is 9.42. The predicted molar refractivity (Wildman–Crippen MR) is 64.2 cm³/mol. The van der Waals surface area contributed by atoms with Crippen molar-refractivity contribution >= 4 is 0 Å². The third kappa shape index (κ3) is 0.977. The molecule has 4 aliphatic carbocycles. The fourth-order valence-electron chi connectivity index (χ4n) is 4.10. The van der Waals surface area contributed by atoms with E-state index in [1.54, 1.807) is 0 Å². The van der Waals surface area contributed by atoms with Crippen molar-refractivity contribution in [1.82, 2.24) is 0 Å². The number of nitrogens with zero attached hydrogens (tertiary/aromatic N) is 4. The van der Waals surface area contributed by atoms with Crippen LogP contribution in [0.2, 0.25) is 0 Å². The van der Waals surface area contributed by atoms with Gasteiger partial charge in [-0.2, -0.15) is 21.0 Å². The monoisotopic (exact) mass is 246 g/mol. The molecule has 4 atom stereocenters. The molecule has 0 heterocycles. The van der Waals surface area contributed by atoms with E-state index in [1.807, 2.05) is 48.6 Å². The zero-order chi connectivity index (χ0) is 13.7. The minimum Gasteiger partial charge on any atom is -0.196 e. The average molecular weight is 246 g/mol. The van der Waals surface area contributed by atoms with Crippen LogP contribution in [0.15, 0.2) is 24.3 Å². The first-order valence-corrected chi connectivity index (χ1v) is 6.20. The molecule has 0 N–H and O–H groups in total. The predicted octanol–water partition coefficient (Wildman–Crippen LogP) is 2.06. The standard InChI is InChI=1S/C15H10N4/c16-6-14(7-17)12-4-5-13(15(14,8-18)9-19)11-3-1-2-10(11)12/h1-2,4-5,10-13H,3H2/t10-,11+,12+,13+/m1/s1. The maximum absolute atomic E-state index is 9.55. The summed E-state index contributed by atoms with van der Waals surface area (Å²) in [5, 5.41) is 38.2. The highest BCUT2D eigenvalue weighted by molar-refractivity contribution is 5.46. The highest BCUT2D eigenvalue weighted by Gasteiger charge is 2.71. The summed E-state index contributed by atoms with van der Waals surface area (Å²) in [5.74, 6) is -0.435. The van der Waals surface area contributed by atoms with Gasteiger partial charge in [0.05, 0.1) is 24.3 Å². The largest absolute Gasteiger partial charge is 0.196 e. The van der Waals surface area contributed by atoms with Crippen LogP contribution in [0.25, 0.3) is 0 Å². The number of allylic oxidation sites excluding steroid dienone is 4. The zero-order valence-electron chi connectivity index (χ0n) is 10.1. The molecule has 19 heavy (non-hydrogen) atoms. The number of hydrogen-bond acceptors (Lipinski definition) is 4. The fraction of sp³-hybridized carbons (Fsp3) is 0.467. The van der Waals surface area contributed by atoms with Crippen molar-refractivity contribution < 1.29 is 0 Å². The summed E-state index contributed by atoms with van der Waals surface area (Å²) in [6, 6.07) is 8.06. The van der Waals surface area contributed by atoms with E-state index in [1.165, 1.54) is 0 Å². The Kier molecular flexibility index (Phi) is 2.11. The highest BCUT2D eigenvalue weighted by Crippen LogP contribution is 2.65. The molecule has 90 valence electrons. The second-order valence-corrected chi connectivity index (χ2v) is 5.40. The van der Waals surface area contributed by atoms with Gasteiger partial charge in [-0.3, -0.25) is 0 Å². The Bertz CT molecular complexity index is 630. The zero-order valence-corrected chi connectivity index (χ0v) is 10.1. The van der Waals surface area contributed by atoms with Crippen molar-refractivity contribution in [3.8, 4) is 24.3 Å². The molecule has 0 aliphatic heterocycles. The van der Waals surface area contributed by atoms with Crippen molar-refractivity contribution in [2.45, 2.75) is 6.42 Å². The summed E-state index contributed by atoms with van der Waals surface area (Å²) in [6.45, 7) is 0. The van der Waals surface area contributed by atoms with Crippen molar-refractivity contribution in [3.05, 3.63) is 24.3 Å². The molecule has 1 saturated carbocycles. The van der Waals surface area contributed by atoms with E-state index < -0.39 is 10.8 Å². The number of fused-ring (bicyclic) bond motifs is 1. The van der Waals surface area contributed by atoms with Gasteiger partial charge >= 0.3 is 0 Å².